The van der Waals surface area contributed by atoms with E-state index in [4.69, 9.17) is 4.74 Å². The van der Waals surface area contributed by atoms with Crippen molar-refractivity contribution in [2.24, 2.45) is 5.92 Å². The highest BCUT2D eigenvalue weighted by molar-refractivity contribution is 5.68. The van der Waals surface area contributed by atoms with E-state index in [1.54, 1.807) is 4.90 Å². The topological polar surface area (TPSA) is 49.8 Å². The van der Waals surface area contributed by atoms with E-state index in [1.807, 2.05) is 27.7 Å². The number of hydrogen-bond acceptors (Lipinski definition) is 3. The fourth-order valence-electron chi connectivity index (χ4n) is 1.62. The molecule has 0 aliphatic carbocycles. The van der Waals surface area contributed by atoms with E-state index in [0.29, 0.717) is 13.1 Å². The number of rotatable bonds is 6. The Balaban J connectivity index is 4.35. The first-order chi connectivity index (χ1) is 7.84. The Morgan fingerprint density at radius 2 is 1.94 bits per heavy atom. The van der Waals surface area contributed by atoms with Crippen molar-refractivity contribution in [3.63, 3.8) is 0 Å². The van der Waals surface area contributed by atoms with Crippen LogP contribution >= 0.6 is 0 Å². The third-order valence-corrected chi connectivity index (χ3v) is 2.47. The van der Waals surface area contributed by atoms with E-state index in [0.717, 1.165) is 12.8 Å². The van der Waals surface area contributed by atoms with Crippen molar-refractivity contribution in [2.75, 3.05) is 19.7 Å². The summed E-state index contributed by atoms with van der Waals surface area (Å²) < 4.78 is 5.32. The van der Waals surface area contributed by atoms with Gasteiger partial charge in [0.1, 0.15) is 5.60 Å². The molecular weight excluding hydrogens is 218 g/mol. The molecule has 0 aromatic carbocycles. The third kappa shape index (κ3) is 7.21. The third-order valence-electron chi connectivity index (χ3n) is 2.47. The van der Waals surface area contributed by atoms with E-state index in [2.05, 4.69) is 6.92 Å². The highest BCUT2D eigenvalue weighted by Gasteiger charge is 2.22. The number of aliphatic hydroxyl groups excluding tert-OH is 1. The molecule has 0 spiro atoms. The molecule has 0 radical (unpaired) electrons. The minimum atomic E-state index is -0.468. The molecule has 0 heterocycles. The van der Waals surface area contributed by atoms with Gasteiger partial charge in [-0.15, -0.1) is 0 Å². The van der Waals surface area contributed by atoms with Gasteiger partial charge in [-0.1, -0.05) is 13.3 Å². The fraction of sp³-hybridized carbons (Fsp3) is 0.923. The molecule has 0 rings (SSSR count). The molecule has 1 N–H and O–H groups in total. The number of carbonyl (C=O) groups excluding carboxylic acids is 1. The zero-order chi connectivity index (χ0) is 13.5. The number of ether oxygens (including phenoxy) is 1. The quantitative estimate of drug-likeness (QED) is 0.782. The predicted octanol–water partition coefficient (Wildman–Crippen LogP) is 2.65. The molecule has 0 aliphatic rings. The molecule has 0 aliphatic heterocycles. The molecule has 0 aromatic rings. The van der Waals surface area contributed by atoms with E-state index in [9.17, 15) is 9.90 Å². The summed E-state index contributed by atoms with van der Waals surface area (Å²) in [7, 11) is 0. The van der Waals surface area contributed by atoms with Crippen LogP contribution in [0.25, 0.3) is 0 Å². The minimum absolute atomic E-state index is 0.118. The molecule has 0 fully saturated rings. The van der Waals surface area contributed by atoms with Crippen molar-refractivity contribution >= 4 is 6.09 Å². The summed E-state index contributed by atoms with van der Waals surface area (Å²) in [5.41, 5.74) is -0.468. The number of nitrogens with zero attached hydrogens (tertiary/aromatic N) is 1. The first-order valence-corrected chi connectivity index (χ1v) is 6.42. The van der Waals surface area contributed by atoms with Gasteiger partial charge in [-0.3, -0.25) is 0 Å². The van der Waals surface area contributed by atoms with Crippen molar-refractivity contribution < 1.29 is 14.6 Å². The summed E-state index contributed by atoms with van der Waals surface area (Å²) >= 11 is 0. The Bertz CT molecular complexity index is 223. The van der Waals surface area contributed by atoms with Gasteiger partial charge >= 0.3 is 6.09 Å². The first kappa shape index (κ1) is 16.2. The Kier molecular flexibility index (Phi) is 7.19. The molecular formula is C13H27NO3. The van der Waals surface area contributed by atoms with E-state index in [1.165, 1.54) is 0 Å². The van der Waals surface area contributed by atoms with Gasteiger partial charge in [0.15, 0.2) is 0 Å². The van der Waals surface area contributed by atoms with Gasteiger partial charge in [0, 0.05) is 19.7 Å². The zero-order valence-corrected chi connectivity index (χ0v) is 11.8. The number of hydrogen-bond donors (Lipinski definition) is 1. The maximum atomic E-state index is 11.9. The van der Waals surface area contributed by atoms with Crippen molar-refractivity contribution in [2.45, 2.75) is 53.1 Å². The smallest absolute Gasteiger partial charge is 0.410 e. The van der Waals surface area contributed by atoms with Gasteiger partial charge in [0.2, 0.25) is 0 Å². The second kappa shape index (κ2) is 7.54. The molecule has 0 saturated carbocycles. The summed E-state index contributed by atoms with van der Waals surface area (Å²) in [6.07, 6.45) is 1.64. The summed E-state index contributed by atoms with van der Waals surface area (Å²) in [5.74, 6) is 0.146. The number of carbonyl (C=O) groups is 1. The van der Waals surface area contributed by atoms with Gasteiger partial charge in [-0.25, -0.2) is 4.79 Å². The average molecular weight is 245 g/mol. The second-order valence-electron chi connectivity index (χ2n) is 5.36. The summed E-state index contributed by atoms with van der Waals surface area (Å²) in [4.78, 5) is 13.5. The van der Waals surface area contributed by atoms with Crippen molar-refractivity contribution in [3.8, 4) is 0 Å². The summed E-state index contributed by atoms with van der Waals surface area (Å²) in [5, 5.41) is 9.24. The molecule has 0 aromatic heterocycles. The van der Waals surface area contributed by atoms with Gasteiger partial charge in [0.05, 0.1) is 0 Å². The molecule has 17 heavy (non-hydrogen) atoms. The molecule has 102 valence electrons. The standard InChI is InChI=1S/C13H27NO3/c1-6-8-11(10-15)9-14(7-2)12(16)17-13(3,4)5/h11,15H,6-10H2,1-5H3. The van der Waals surface area contributed by atoms with Crippen molar-refractivity contribution in [3.05, 3.63) is 0 Å². The van der Waals surface area contributed by atoms with E-state index >= 15 is 0 Å². The van der Waals surface area contributed by atoms with Crippen LogP contribution < -0.4 is 0 Å². The van der Waals surface area contributed by atoms with Gasteiger partial charge < -0.3 is 14.7 Å². The average Bonchev–Trinajstić information content (AvgIpc) is 2.21. The Morgan fingerprint density at radius 1 is 1.35 bits per heavy atom. The number of amides is 1. The maximum Gasteiger partial charge on any atom is 0.410 e. The monoisotopic (exact) mass is 245 g/mol. The maximum absolute atomic E-state index is 11.9. The summed E-state index contributed by atoms with van der Waals surface area (Å²) in [6, 6.07) is 0. The minimum Gasteiger partial charge on any atom is -0.444 e. The molecule has 4 nitrogen and oxygen atoms in total. The van der Waals surface area contributed by atoms with Crippen LogP contribution in [0.15, 0.2) is 0 Å². The molecule has 1 atom stereocenters. The lowest BCUT2D eigenvalue weighted by Crippen LogP contribution is -2.40. The Hall–Kier alpha value is -0.770. The van der Waals surface area contributed by atoms with E-state index in [-0.39, 0.29) is 18.6 Å². The summed E-state index contributed by atoms with van der Waals surface area (Å²) in [6.45, 7) is 10.9. The Labute approximate surface area is 105 Å². The molecule has 0 bridgehead atoms. The van der Waals surface area contributed by atoms with Crippen molar-refractivity contribution in [1.29, 1.82) is 0 Å². The van der Waals surface area contributed by atoms with Gasteiger partial charge in [-0.2, -0.15) is 0 Å². The van der Waals surface area contributed by atoms with Gasteiger partial charge in [-0.05, 0) is 40.0 Å². The van der Waals surface area contributed by atoms with Crippen LogP contribution in [0.5, 0.6) is 0 Å². The van der Waals surface area contributed by atoms with Crippen LogP contribution in [0.3, 0.4) is 0 Å². The molecule has 0 saturated heterocycles. The van der Waals surface area contributed by atoms with Crippen LogP contribution in [0.4, 0.5) is 4.79 Å². The predicted molar refractivity (Wildman–Crippen MR) is 69.0 cm³/mol. The number of aliphatic hydroxyl groups is 1. The lowest BCUT2D eigenvalue weighted by atomic mass is 10.0. The Morgan fingerprint density at radius 3 is 2.29 bits per heavy atom. The van der Waals surface area contributed by atoms with Crippen LogP contribution in [0.2, 0.25) is 0 Å². The second-order valence-corrected chi connectivity index (χ2v) is 5.36. The highest BCUT2D eigenvalue weighted by atomic mass is 16.6. The van der Waals surface area contributed by atoms with E-state index < -0.39 is 5.60 Å². The molecule has 1 unspecified atom stereocenters. The van der Waals surface area contributed by atoms with Crippen LogP contribution in [-0.2, 0) is 4.74 Å². The normalized spacial score (nSPS) is 13.3. The lowest BCUT2D eigenvalue weighted by molar-refractivity contribution is 0.0208. The first-order valence-electron chi connectivity index (χ1n) is 6.42. The largest absolute Gasteiger partial charge is 0.444 e. The van der Waals surface area contributed by atoms with Crippen LogP contribution in [-0.4, -0.2) is 41.4 Å². The fourth-order valence-corrected chi connectivity index (χ4v) is 1.62. The lowest BCUT2D eigenvalue weighted by Gasteiger charge is -2.28. The molecule has 4 heteroatoms. The zero-order valence-electron chi connectivity index (χ0n) is 11.8. The highest BCUT2D eigenvalue weighted by Crippen LogP contribution is 2.13. The SMILES string of the molecule is CCCC(CO)CN(CC)C(=O)OC(C)(C)C. The van der Waals surface area contributed by atoms with Crippen LogP contribution in [0, 0.1) is 5.92 Å². The van der Waals surface area contributed by atoms with Crippen molar-refractivity contribution in [1.82, 2.24) is 4.90 Å². The van der Waals surface area contributed by atoms with Crippen LogP contribution in [0.1, 0.15) is 47.5 Å². The van der Waals surface area contributed by atoms with Gasteiger partial charge in [0.25, 0.3) is 0 Å². The molecule has 1 amide bonds.